The maximum Gasteiger partial charge on any atom is 0.165 e. The summed E-state index contributed by atoms with van der Waals surface area (Å²) in [4.78, 5) is 0. The van der Waals surface area contributed by atoms with Gasteiger partial charge in [0, 0.05) is 12.1 Å². The van der Waals surface area contributed by atoms with Crippen LogP contribution in [0.4, 0.5) is 4.39 Å². The third-order valence-electron chi connectivity index (χ3n) is 2.33. The van der Waals surface area contributed by atoms with Gasteiger partial charge in [0.05, 0.1) is 0 Å². The van der Waals surface area contributed by atoms with E-state index in [-0.39, 0.29) is 5.75 Å². The molecule has 0 saturated heterocycles. The Balaban J connectivity index is 2.40. The van der Waals surface area contributed by atoms with Crippen molar-refractivity contribution in [1.82, 2.24) is 5.32 Å². The summed E-state index contributed by atoms with van der Waals surface area (Å²) in [5.74, 6) is 0.872. The first kappa shape index (κ1) is 13.3. The smallest absolute Gasteiger partial charge is 0.165 e. The van der Waals surface area contributed by atoms with Gasteiger partial charge in [0.1, 0.15) is 0 Å². The molecule has 2 nitrogen and oxygen atoms in total. The largest absolute Gasteiger partial charge is 0.505 e. The fourth-order valence-electron chi connectivity index (χ4n) is 1.50. The molecular weight excluding hydrogens is 225 g/mol. The van der Waals surface area contributed by atoms with Gasteiger partial charge in [-0.05, 0) is 30.5 Å². The number of para-hydroxylation sites is 1. The van der Waals surface area contributed by atoms with Crippen LogP contribution in [0, 0.1) is 11.7 Å². The van der Waals surface area contributed by atoms with Crippen LogP contribution in [0.15, 0.2) is 18.2 Å². The van der Waals surface area contributed by atoms with Gasteiger partial charge in [0.15, 0.2) is 11.6 Å². The van der Waals surface area contributed by atoms with Gasteiger partial charge in [0.2, 0.25) is 0 Å². The Hall–Kier alpha value is -0.740. The number of halogens is 1. The number of nitrogens with one attached hydrogen (secondary N) is 1. The molecule has 16 heavy (non-hydrogen) atoms. The summed E-state index contributed by atoms with van der Waals surface area (Å²) in [6.45, 7) is 3.54. The minimum atomic E-state index is -0.559. The van der Waals surface area contributed by atoms with E-state index in [0.29, 0.717) is 18.0 Å². The Morgan fingerprint density at radius 2 is 2.25 bits per heavy atom. The molecule has 0 aromatic heterocycles. The summed E-state index contributed by atoms with van der Waals surface area (Å²) >= 11 is 1.81. The van der Waals surface area contributed by atoms with Crippen molar-refractivity contribution in [1.29, 1.82) is 0 Å². The molecule has 0 heterocycles. The predicted molar refractivity (Wildman–Crippen MR) is 67.3 cm³/mol. The molecule has 4 heteroatoms. The Morgan fingerprint density at radius 1 is 1.50 bits per heavy atom. The van der Waals surface area contributed by atoms with Gasteiger partial charge in [-0.25, -0.2) is 4.39 Å². The van der Waals surface area contributed by atoms with Crippen LogP contribution in [0.2, 0.25) is 0 Å². The molecule has 0 aliphatic heterocycles. The molecule has 0 fully saturated rings. The van der Waals surface area contributed by atoms with E-state index in [9.17, 15) is 9.50 Å². The van der Waals surface area contributed by atoms with Crippen molar-refractivity contribution in [3.63, 3.8) is 0 Å². The van der Waals surface area contributed by atoms with E-state index in [1.165, 1.54) is 6.07 Å². The number of rotatable bonds is 6. The van der Waals surface area contributed by atoms with Crippen molar-refractivity contribution in [2.24, 2.45) is 5.92 Å². The molecule has 0 aliphatic rings. The SMILES string of the molecule is CSCC(C)CNCc1cccc(F)c1O. The molecule has 1 aromatic rings. The third-order valence-corrected chi connectivity index (χ3v) is 3.23. The molecule has 0 spiro atoms. The molecule has 0 aliphatic carbocycles. The van der Waals surface area contributed by atoms with Gasteiger partial charge in [-0.1, -0.05) is 19.1 Å². The van der Waals surface area contributed by atoms with E-state index < -0.39 is 5.82 Å². The molecule has 0 radical (unpaired) electrons. The number of benzene rings is 1. The normalized spacial score (nSPS) is 12.7. The first-order valence-corrected chi connectivity index (χ1v) is 6.70. The van der Waals surface area contributed by atoms with Gasteiger partial charge in [-0.2, -0.15) is 11.8 Å². The summed E-state index contributed by atoms with van der Waals surface area (Å²) in [5, 5.41) is 12.7. The average Bonchev–Trinajstić information content (AvgIpc) is 2.25. The standard InChI is InChI=1S/C12H18FNOS/c1-9(8-16-2)6-14-7-10-4-3-5-11(13)12(10)15/h3-5,9,14-15H,6-8H2,1-2H3. The zero-order chi connectivity index (χ0) is 12.0. The van der Waals surface area contributed by atoms with Crippen molar-refractivity contribution in [3.8, 4) is 5.75 Å². The van der Waals surface area contributed by atoms with Gasteiger partial charge in [-0.3, -0.25) is 0 Å². The minimum absolute atomic E-state index is 0.243. The van der Waals surface area contributed by atoms with Gasteiger partial charge < -0.3 is 10.4 Å². The first-order valence-electron chi connectivity index (χ1n) is 5.31. The summed E-state index contributed by atoms with van der Waals surface area (Å²) in [7, 11) is 0. The molecular formula is C12H18FNOS. The highest BCUT2D eigenvalue weighted by molar-refractivity contribution is 7.98. The van der Waals surface area contributed by atoms with Crippen LogP contribution in [0.5, 0.6) is 5.75 Å². The van der Waals surface area contributed by atoms with E-state index in [2.05, 4.69) is 18.5 Å². The number of thioether (sulfide) groups is 1. The lowest BCUT2D eigenvalue weighted by Gasteiger charge is -2.11. The van der Waals surface area contributed by atoms with Crippen LogP contribution in [-0.2, 0) is 6.54 Å². The van der Waals surface area contributed by atoms with Crippen molar-refractivity contribution >= 4 is 11.8 Å². The van der Waals surface area contributed by atoms with Gasteiger partial charge in [-0.15, -0.1) is 0 Å². The number of aromatic hydroxyl groups is 1. The highest BCUT2D eigenvalue weighted by Gasteiger charge is 2.06. The average molecular weight is 243 g/mol. The van der Waals surface area contributed by atoms with E-state index in [1.54, 1.807) is 12.1 Å². The maximum atomic E-state index is 13.0. The van der Waals surface area contributed by atoms with Crippen LogP contribution in [0.25, 0.3) is 0 Å². The lowest BCUT2D eigenvalue weighted by Crippen LogP contribution is -2.22. The number of phenols is 1. The minimum Gasteiger partial charge on any atom is -0.505 e. The Bertz CT molecular complexity index is 333. The van der Waals surface area contributed by atoms with Crippen molar-refractivity contribution in [2.45, 2.75) is 13.5 Å². The second-order valence-electron chi connectivity index (χ2n) is 3.94. The van der Waals surface area contributed by atoms with Crippen LogP contribution >= 0.6 is 11.8 Å². The van der Waals surface area contributed by atoms with E-state index in [0.717, 1.165) is 12.3 Å². The molecule has 0 bridgehead atoms. The molecule has 1 unspecified atom stereocenters. The van der Waals surface area contributed by atoms with Crippen molar-refractivity contribution in [3.05, 3.63) is 29.6 Å². The zero-order valence-electron chi connectivity index (χ0n) is 9.66. The Kier molecular flexibility index (Phi) is 5.63. The zero-order valence-corrected chi connectivity index (χ0v) is 10.5. The Labute approximate surface area is 100 Å². The molecule has 0 saturated carbocycles. The molecule has 2 N–H and O–H groups in total. The van der Waals surface area contributed by atoms with Crippen LogP contribution in [0.3, 0.4) is 0 Å². The predicted octanol–water partition coefficient (Wildman–Crippen LogP) is 2.62. The van der Waals surface area contributed by atoms with Crippen LogP contribution in [-0.4, -0.2) is 23.7 Å². The lowest BCUT2D eigenvalue weighted by atomic mass is 10.1. The molecule has 1 aromatic carbocycles. The maximum absolute atomic E-state index is 13.0. The van der Waals surface area contributed by atoms with Gasteiger partial charge >= 0.3 is 0 Å². The lowest BCUT2D eigenvalue weighted by molar-refractivity contribution is 0.421. The molecule has 0 amide bonds. The highest BCUT2D eigenvalue weighted by Crippen LogP contribution is 2.20. The summed E-state index contributed by atoms with van der Waals surface area (Å²) in [6, 6.07) is 4.59. The summed E-state index contributed by atoms with van der Waals surface area (Å²) in [5.41, 5.74) is 0.608. The van der Waals surface area contributed by atoms with Gasteiger partial charge in [0.25, 0.3) is 0 Å². The van der Waals surface area contributed by atoms with E-state index in [1.807, 2.05) is 11.8 Å². The van der Waals surface area contributed by atoms with Crippen LogP contribution < -0.4 is 5.32 Å². The second kappa shape index (κ2) is 6.76. The van der Waals surface area contributed by atoms with Crippen LogP contribution in [0.1, 0.15) is 12.5 Å². The van der Waals surface area contributed by atoms with Crippen molar-refractivity contribution in [2.75, 3.05) is 18.6 Å². The van der Waals surface area contributed by atoms with Crippen molar-refractivity contribution < 1.29 is 9.50 Å². The number of phenolic OH excluding ortho intramolecular Hbond substituents is 1. The second-order valence-corrected chi connectivity index (χ2v) is 4.85. The quantitative estimate of drug-likeness (QED) is 0.805. The summed E-state index contributed by atoms with van der Waals surface area (Å²) in [6.07, 6.45) is 2.08. The van der Waals surface area contributed by atoms with E-state index >= 15 is 0 Å². The molecule has 90 valence electrons. The topological polar surface area (TPSA) is 32.3 Å². The fraction of sp³-hybridized carbons (Fsp3) is 0.500. The fourth-order valence-corrected chi connectivity index (χ4v) is 2.19. The number of hydrogen-bond donors (Lipinski definition) is 2. The number of hydrogen-bond acceptors (Lipinski definition) is 3. The third kappa shape index (κ3) is 4.02. The monoisotopic (exact) mass is 243 g/mol. The highest BCUT2D eigenvalue weighted by atomic mass is 32.2. The Morgan fingerprint density at radius 3 is 2.94 bits per heavy atom. The van der Waals surface area contributed by atoms with E-state index in [4.69, 9.17) is 0 Å². The first-order chi connectivity index (χ1) is 7.65. The molecule has 1 rings (SSSR count). The summed E-state index contributed by atoms with van der Waals surface area (Å²) < 4.78 is 13.0. The molecule has 1 atom stereocenters.